The fourth-order valence-electron chi connectivity index (χ4n) is 5.79. The molecule has 0 aliphatic rings. The zero-order chi connectivity index (χ0) is 38.4. The van der Waals surface area contributed by atoms with Crippen molar-refractivity contribution in [2.24, 2.45) is 0 Å². The van der Waals surface area contributed by atoms with Crippen molar-refractivity contribution >= 4 is 51.1 Å². The Morgan fingerprint density at radius 1 is 0.500 bits per heavy atom. The quantitative estimate of drug-likeness (QED) is 0.0966. The van der Waals surface area contributed by atoms with Crippen LogP contribution < -0.4 is 28.3 Å². The van der Waals surface area contributed by atoms with Crippen molar-refractivity contribution < 1.29 is 44.8 Å². The van der Waals surface area contributed by atoms with Gasteiger partial charge in [0.2, 0.25) is 0 Å². The van der Waals surface area contributed by atoms with Crippen molar-refractivity contribution in [3.05, 3.63) is 155 Å². The van der Waals surface area contributed by atoms with E-state index in [1.807, 2.05) is 0 Å². The van der Waals surface area contributed by atoms with Crippen LogP contribution in [0.3, 0.4) is 0 Å². The van der Waals surface area contributed by atoms with Crippen LogP contribution in [0.5, 0.6) is 0 Å². The van der Waals surface area contributed by atoms with Crippen molar-refractivity contribution in [2.45, 2.75) is 40.8 Å². The van der Waals surface area contributed by atoms with Crippen LogP contribution in [0.25, 0.3) is 24.3 Å². The third-order valence-electron chi connectivity index (χ3n) is 8.64. The summed E-state index contributed by atoms with van der Waals surface area (Å²) in [6.07, 6.45) is 17.4. The van der Waals surface area contributed by atoms with Gasteiger partial charge in [0, 0.05) is 72.9 Å². The standard InChI is InChI=1S/C42H48N4.BF3.BF2.3FH/c1-5-45(6-2)41-21-17-35(18-22-41)13-15-37-25-29-43(30-26-37)33-39-11-9-10-12-40(39)34-44-31-27-38(28-32-44)16-14-36-19-23-42(24-20-36)46(7-3)8-4;2-1(3)4;2-1-3;;;/h9-32H,5-8,33-34H2,1-4H3;;;3*1H/q+2;;;;;/p-2. The average molecular weight is 783 g/mol. The Balaban J connectivity index is 0.00000280. The highest BCUT2D eigenvalue weighted by Crippen LogP contribution is 2.18. The molecule has 0 fully saturated rings. The summed E-state index contributed by atoms with van der Waals surface area (Å²) >= 11 is 0. The molecule has 4 nitrogen and oxygen atoms in total. The minimum absolute atomic E-state index is 0. The zero-order valence-electron chi connectivity index (χ0n) is 32.1. The highest BCUT2D eigenvalue weighted by Gasteiger charge is 2.12. The molecule has 0 atom stereocenters. The van der Waals surface area contributed by atoms with Gasteiger partial charge in [-0.15, -0.1) is 0 Å². The lowest BCUT2D eigenvalue weighted by molar-refractivity contribution is -0.693. The topological polar surface area (TPSA) is 14.2 Å². The van der Waals surface area contributed by atoms with E-state index >= 15 is 0 Å². The Morgan fingerprint density at radius 3 is 1.00 bits per heavy atom. The highest BCUT2D eigenvalue weighted by molar-refractivity contribution is 6.33. The molecule has 0 amide bonds. The summed E-state index contributed by atoms with van der Waals surface area (Å²) in [5.41, 5.74) is 10.0. The zero-order valence-corrected chi connectivity index (χ0v) is 32.1. The molecule has 0 spiro atoms. The Kier molecular flexibility index (Phi) is 25.4. The Bertz CT molecular complexity index is 1670. The van der Waals surface area contributed by atoms with Crippen LogP contribution in [0.4, 0.5) is 37.7 Å². The second-order valence-corrected chi connectivity index (χ2v) is 11.9. The number of rotatable bonds is 14. The number of halogens is 8. The predicted octanol–water partition coefficient (Wildman–Crippen LogP) is 3.89. The predicted molar refractivity (Wildman–Crippen MR) is 215 cm³/mol. The van der Waals surface area contributed by atoms with Gasteiger partial charge in [-0.05, 0) is 74.2 Å². The van der Waals surface area contributed by atoms with Gasteiger partial charge in [0.15, 0.2) is 37.9 Å². The van der Waals surface area contributed by atoms with Gasteiger partial charge < -0.3 is 19.2 Å². The molecular weight excluding hydrogens is 734 g/mol. The van der Waals surface area contributed by atoms with Gasteiger partial charge in [-0.2, -0.15) is 0 Å². The number of pyridine rings is 2. The summed E-state index contributed by atoms with van der Waals surface area (Å²) in [5.74, 6) is 0. The van der Waals surface area contributed by atoms with Crippen molar-refractivity contribution in [1.82, 2.24) is 0 Å². The van der Waals surface area contributed by atoms with Crippen LogP contribution in [0.2, 0.25) is 0 Å². The van der Waals surface area contributed by atoms with Crippen LogP contribution in [-0.4, -0.2) is 41.6 Å². The summed E-state index contributed by atoms with van der Waals surface area (Å²) in [5, 5.41) is 0. The van der Waals surface area contributed by atoms with E-state index in [1.54, 1.807) is 0 Å². The Hall–Kier alpha value is -5.39. The number of benzene rings is 3. The second kappa shape index (κ2) is 28.1. The minimum Gasteiger partial charge on any atom is -1.00 e. The summed E-state index contributed by atoms with van der Waals surface area (Å²) < 4.78 is 52.5. The van der Waals surface area contributed by atoms with Gasteiger partial charge in [-0.3, -0.25) is 26.3 Å². The lowest BCUT2D eigenvalue weighted by atomic mass is 10.1. The van der Waals surface area contributed by atoms with Gasteiger partial charge in [-0.1, -0.05) is 72.8 Å². The van der Waals surface area contributed by atoms with Gasteiger partial charge in [0.25, 0.3) is 0 Å². The SMILES string of the molecule is CCN(CC)c1ccc(/C=C/c2cc[n+](Cc3ccccc3C[n+]3ccc(/C=C/c4ccc(N(CC)CC)cc4)cc3)cc2)cc1.F.FB(F)F.F[B]F.[F-].[F-]. The maximum absolute atomic E-state index is 9.67. The van der Waals surface area contributed by atoms with Crippen LogP contribution in [-0.2, 0) is 13.1 Å². The molecule has 5 aromatic rings. The third-order valence-corrected chi connectivity index (χ3v) is 8.64. The number of hydrogen-bond donors (Lipinski definition) is 0. The molecule has 2 aromatic heterocycles. The molecule has 0 saturated heterocycles. The molecule has 299 valence electrons. The highest BCUT2D eigenvalue weighted by atomic mass is 19.4. The normalized spacial score (nSPS) is 10.1. The first-order valence-electron chi connectivity index (χ1n) is 17.8. The lowest BCUT2D eigenvalue weighted by Crippen LogP contribution is -3.00. The largest absolute Gasteiger partial charge is 1.00 e. The fourth-order valence-corrected chi connectivity index (χ4v) is 5.79. The van der Waals surface area contributed by atoms with Gasteiger partial charge in [0.1, 0.15) is 0 Å². The molecule has 2 heterocycles. The van der Waals surface area contributed by atoms with E-state index in [9.17, 15) is 21.6 Å². The molecule has 56 heavy (non-hydrogen) atoms. The first-order valence-corrected chi connectivity index (χ1v) is 17.8. The number of aromatic nitrogens is 2. The molecule has 0 unspecified atom stereocenters. The third kappa shape index (κ3) is 17.4. The molecule has 1 radical (unpaired) electrons. The van der Waals surface area contributed by atoms with E-state index in [-0.39, 0.29) is 14.1 Å². The molecule has 0 aliphatic carbocycles. The summed E-state index contributed by atoms with van der Waals surface area (Å²) in [7, 11) is -4.67. The Labute approximate surface area is 327 Å². The maximum atomic E-state index is 9.67. The summed E-state index contributed by atoms with van der Waals surface area (Å²) in [6.45, 7) is 14.6. The molecule has 14 heteroatoms. The first kappa shape index (κ1) is 50.6. The van der Waals surface area contributed by atoms with E-state index in [0.717, 1.165) is 39.3 Å². The van der Waals surface area contributed by atoms with Crippen molar-refractivity contribution in [1.29, 1.82) is 0 Å². The number of anilines is 2. The van der Waals surface area contributed by atoms with E-state index in [0.29, 0.717) is 0 Å². The molecule has 0 aliphatic heterocycles. The van der Waals surface area contributed by atoms with Crippen LogP contribution in [0.1, 0.15) is 61.1 Å². The number of hydrogen-bond acceptors (Lipinski definition) is 2. The van der Waals surface area contributed by atoms with E-state index in [2.05, 4.69) is 193 Å². The molecule has 5 rings (SSSR count). The summed E-state index contributed by atoms with van der Waals surface area (Å²) in [6, 6.07) is 35.1. The molecule has 0 bridgehead atoms. The van der Waals surface area contributed by atoms with Gasteiger partial charge >= 0.3 is 15.4 Å². The van der Waals surface area contributed by atoms with Crippen molar-refractivity contribution in [2.75, 3.05) is 36.0 Å². The first-order chi connectivity index (χ1) is 25.7. The molecule has 3 aromatic carbocycles. The van der Waals surface area contributed by atoms with Crippen molar-refractivity contribution in [3.63, 3.8) is 0 Å². The van der Waals surface area contributed by atoms with Gasteiger partial charge in [0.05, 0.1) is 0 Å². The van der Waals surface area contributed by atoms with E-state index in [4.69, 9.17) is 0 Å². The fraction of sp³-hybridized carbons (Fsp3) is 0.238. The van der Waals surface area contributed by atoms with Crippen LogP contribution in [0, 0.1) is 0 Å². The smallest absolute Gasteiger partial charge is 0.762 e. The van der Waals surface area contributed by atoms with Crippen LogP contribution >= 0.6 is 0 Å². The maximum Gasteiger partial charge on any atom is 0.762 e. The molecule has 0 saturated carbocycles. The lowest BCUT2D eigenvalue weighted by Gasteiger charge is -2.20. The minimum atomic E-state index is -3.67. The molecular formula is C42H49B2F8N4. The monoisotopic (exact) mass is 783 g/mol. The molecule has 0 N–H and O–H groups in total. The second-order valence-electron chi connectivity index (χ2n) is 11.9. The summed E-state index contributed by atoms with van der Waals surface area (Å²) in [4.78, 5) is 4.73. The average Bonchev–Trinajstić information content (AvgIpc) is 3.17. The van der Waals surface area contributed by atoms with Crippen molar-refractivity contribution in [3.8, 4) is 0 Å². The Morgan fingerprint density at radius 2 is 0.750 bits per heavy atom. The van der Waals surface area contributed by atoms with Gasteiger partial charge in [-0.25, -0.2) is 9.13 Å². The van der Waals surface area contributed by atoms with Crippen LogP contribution in [0.15, 0.2) is 122 Å². The van der Waals surface area contributed by atoms with E-state index in [1.165, 1.54) is 44.8 Å². The van der Waals surface area contributed by atoms with E-state index < -0.39 is 15.4 Å². The number of nitrogens with zero attached hydrogens (tertiary/aromatic N) is 4.